The van der Waals surface area contributed by atoms with E-state index in [4.69, 9.17) is 5.11 Å². The largest absolute Gasteiger partial charge is 0.480 e. The van der Waals surface area contributed by atoms with Gasteiger partial charge in [0.1, 0.15) is 6.04 Å². The Kier molecular flexibility index (Phi) is 4.54. The number of aliphatic hydroxyl groups is 1. The Hall–Kier alpha value is -0.610. The average molecular weight is 215 g/mol. The normalized spacial score (nSPS) is 26.5. The molecule has 4 heteroatoms. The predicted molar refractivity (Wildman–Crippen MR) is 57.7 cm³/mol. The summed E-state index contributed by atoms with van der Waals surface area (Å²) in [7, 11) is 0. The first-order valence-electron chi connectivity index (χ1n) is 5.71. The summed E-state index contributed by atoms with van der Waals surface area (Å²) < 4.78 is 0. The van der Waals surface area contributed by atoms with Crippen LogP contribution in [0.25, 0.3) is 0 Å². The molecule has 0 aromatic heterocycles. The zero-order chi connectivity index (χ0) is 11.4. The second kappa shape index (κ2) is 5.47. The van der Waals surface area contributed by atoms with Crippen LogP contribution < -0.4 is 0 Å². The fourth-order valence-electron chi connectivity index (χ4n) is 2.23. The summed E-state index contributed by atoms with van der Waals surface area (Å²) in [5.74, 6) is -0.494. The molecule has 1 heterocycles. The maximum atomic E-state index is 11.0. The van der Waals surface area contributed by atoms with Crippen molar-refractivity contribution in [2.45, 2.75) is 45.3 Å². The number of hydrogen-bond acceptors (Lipinski definition) is 3. The first-order chi connectivity index (χ1) is 7.06. The van der Waals surface area contributed by atoms with Gasteiger partial charge in [0.2, 0.25) is 0 Å². The zero-order valence-electron chi connectivity index (χ0n) is 9.52. The minimum absolute atomic E-state index is 0.240. The van der Waals surface area contributed by atoms with Crippen molar-refractivity contribution in [1.82, 2.24) is 4.90 Å². The van der Waals surface area contributed by atoms with Crippen molar-refractivity contribution in [1.29, 1.82) is 0 Å². The van der Waals surface area contributed by atoms with Crippen LogP contribution >= 0.6 is 0 Å². The van der Waals surface area contributed by atoms with Gasteiger partial charge < -0.3 is 10.2 Å². The van der Waals surface area contributed by atoms with Crippen molar-refractivity contribution < 1.29 is 15.0 Å². The van der Waals surface area contributed by atoms with E-state index in [0.717, 1.165) is 19.4 Å². The minimum atomic E-state index is -0.733. The van der Waals surface area contributed by atoms with Gasteiger partial charge in [-0.15, -0.1) is 0 Å². The Labute approximate surface area is 90.9 Å². The van der Waals surface area contributed by atoms with E-state index < -0.39 is 5.97 Å². The summed E-state index contributed by atoms with van der Waals surface area (Å²) in [6.45, 7) is 5.29. The molecule has 0 spiro atoms. The maximum absolute atomic E-state index is 11.0. The maximum Gasteiger partial charge on any atom is 0.320 e. The Balaban J connectivity index is 2.52. The lowest BCUT2D eigenvalue weighted by atomic mass is 10.0. The molecule has 0 bridgehead atoms. The van der Waals surface area contributed by atoms with E-state index in [1.165, 1.54) is 0 Å². The topological polar surface area (TPSA) is 60.8 Å². The molecule has 1 aliphatic rings. The summed E-state index contributed by atoms with van der Waals surface area (Å²) in [4.78, 5) is 13.0. The number of rotatable bonds is 5. The van der Waals surface area contributed by atoms with E-state index in [0.29, 0.717) is 13.0 Å². The molecule has 0 saturated carbocycles. The van der Waals surface area contributed by atoms with Crippen LogP contribution in [0.4, 0.5) is 0 Å². The number of carboxylic acid groups (broad SMARTS) is 1. The molecular weight excluding hydrogens is 194 g/mol. The molecule has 1 fully saturated rings. The number of aliphatic hydroxyl groups excluding tert-OH is 1. The third-order valence-corrected chi connectivity index (χ3v) is 3.23. The van der Waals surface area contributed by atoms with E-state index in [2.05, 4.69) is 0 Å². The predicted octanol–water partition coefficient (Wildman–Crippen LogP) is 0.942. The molecule has 1 rings (SSSR count). The van der Waals surface area contributed by atoms with Crippen LogP contribution in [-0.2, 0) is 4.79 Å². The van der Waals surface area contributed by atoms with E-state index in [1.54, 1.807) is 6.92 Å². The number of aliphatic carboxylic acids is 1. The van der Waals surface area contributed by atoms with Crippen LogP contribution in [0.5, 0.6) is 0 Å². The van der Waals surface area contributed by atoms with Gasteiger partial charge in [0.25, 0.3) is 0 Å². The fourth-order valence-corrected chi connectivity index (χ4v) is 2.23. The van der Waals surface area contributed by atoms with Gasteiger partial charge in [-0.05, 0) is 32.2 Å². The Morgan fingerprint density at radius 1 is 1.60 bits per heavy atom. The summed E-state index contributed by atoms with van der Waals surface area (Å²) >= 11 is 0. The number of carboxylic acids is 1. The SMILES string of the molecule is CCCC(C(=O)O)N1CCC(C(C)O)C1. The third kappa shape index (κ3) is 3.18. The van der Waals surface area contributed by atoms with Crippen LogP contribution in [0.3, 0.4) is 0 Å². The minimum Gasteiger partial charge on any atom is -0.480 e. The zero-order valence-corrected chi connectivity index (χ0v) is 9.52. The van der Waals surface area contributed by atoms with Gasteiger partial charge in [-0.1, -0.05) is 13.3 Å². The van der Waals surface area contributed by atoms with Crippen LogP contribution in [-0.4, -0.2) is 46.3 Å². The standard InChI is InChI=1S/C11H21NO3/c1-3-4-10(11(14)15)12-6-5-9(7-12)8(2)13/h8-10,13H,3-7H2,1-2H3,(H,14,15). The van der Waals surface area contributed by atoms with Gasteiger partial charge in [0, 0.05) is 6.54 Å². The molecule has 0 aromatic carbocycles. The van der Waals surface area contributed by atoms with Crippen molar-refractivity contribution in [3.05, 3.63) is 0 Å². The van der Waals surface area contributed by atoms with Crippen molar-refractivity contribution in [2.24, 2.45) is 5.92 Å². The van der Waals surface area contributed by atoms with Crippen LogP contribution in [0.1, 0.15) is 33.1 Å². The van der Waals surface area contributed by atoms with E-state index >= 15 is 0 Å². The number of hydrogen-bond donors (Lipinski definition) is 2. The highest BCUT2D eigenvalue weighted by Crippen LogP contribution is 2.23. The molecule has 1 aliphatic heterocycles. The fraction of sp³-hybridized carbons (Fsp3) is 0.909. The Bertz CT molecular complexity index is 218. The monoisotopic (exact) mass is 215 g/mol. The van der Waals surface area contributed by atoms with Gasteiger partial charge in [-0.25, -0.2) is 0 Å². The number of likely N-dealkylation sites (tertiary alicyclic amines) is 1. The molecule has 3 unspecified atom stereocenters. The molecule has 0 amide bonds. The molecule has 15 heavy (non-hydrogen) atoms. The number of nitrogens with zero attached hydrogens (tertiary/aromatic N) is 1. The first-order valence-corrected chi connectivity index (χ1v) is 5.71. The lowest BCUT2D eigenvalue weighted by Gasteiger charge is -2.24. The highest BCUT2D eigenvalue weighted by atomic mass is 16.4. The highest BCUT2D eigenvalue weighted by molar-refractivity contribution is 5.73. The third-order valence-electron chi connectivity index (χ3n) is 3.23. The van der Waals surface area contributed by atoms with Crippen molar-refractivity contribution >= 4 is 5.97 Å². The summed E-state index contributed by atoms with van der Waals surface area (Å²) in [5.41, 5.74) is 0. The molecule has 0 aliphatic carbocycles. The van der Waals surface area contributed by atoms with E-state index in [1.807, 2.05) is 11.8 Å². The van der Waals surface area contributed by atoms with Crippen molar-refractivity contribution in [3.8, 4) is 0 Å². The lowest BCUT2D eigenvalue weighted by Crippen LogP contribution is -2.40. The number of carbonyl (C=O) groups is 1. The van der Waals surface area contributed by atoms with E-state index in [9.17, 15) is 9.90 Å². The second-order valence-corrected chi connectivity index (χ2v) is 4.43. The van der Waals surface area contributed by atoms with E-state index in [-0.39, 0.29) is 18.1 Å². The molecule has 0 aromatic rings. The smallest absolute Gasteiger partial charge is 0.320 e. The first kappa shape index (κ1) is 12.5. The van der Waals surface area contributed by atoms with Crippen LogP contribution in [0, 0.1) is 5.92 Å². The van der Waals surface area contributed by atoms with Crippen LogP contribution in [0.15, 0.2) is 0 Å². The molecular formula is C11H21NO3. The molecule has 1 saturated heterocycles. The molecule has 3 atom stereocenters. The molecule has 4 nitrogen and oxygen atoms in total. The second-order valence-electron chi connectivity index (χ2n) is 4.43. The molecule has 88 valence electrons. The quantitative estimate of drug-likeness (QED) is 0.716. The Morgan fingerprint density at radius 3 is 2.67 bits per heavy atom. The van der Waals surface area contributed by atoms with Gasteiger partial charge in [-0.3, -0.25) is 9.69 Å². The van der Waals surface area contributed by atoms with Crippen molar-refractivity contribution in [3.63, 3.8) is 0 Å². The lowest BCUT2D eigenvalue weighted by molar-refractivity contribution is -0.143. The molecule has 0 radical (unpaired) electrons. The summed E-state index contributed by atoms with van der Waals surface area (Å²) in [6.07, 6.45) is 2.16. The van der Waals surface area contributed by atoms with Crippen LogP contribution in [0.2, 0.25) is 0 Å². The van der Waals surface area contributed by atoms with Gasteiger partial charge >= 0.3 is 5.97 Å². The van der Waals surface area contributed by atoms with Gasteiger partial charge in [0.05, 0.1) is 6.10 Å². The Morgan fingerprint density at radius 2 is 2.27 bits per heavy atom. The average Bonchev–Trinajstić information content (AvgIpc) is 2.62. The van der Waals surface area contributed by atoms with Gasteiger partial charge in [0.15, 0.2) is 0 Å². The highest BCUT2D eigenvalue weighted by Gasteiger charge is 2.33. The molecule has 2 N–H and O–H groups in total. The summed E-state index contributed by atoms with van der Waals surface area (Å²) in [6, 6.07) is -0.362. The summed E-state index contributed by atoms with van der Waals surface area (Å²) in [5, 5.41) is 18.5. The van der Waals surface area contributed by atoms with Gasteiger partial charge in [-0.2, -0.15) is 0 Å². The van der Waals surface area contributed by atoms with Crippen molar-refractivity contribution in [2.75, 3.05) is 13.1 Å².